The molecule has 11 heavy (non-hydrogen) atoms. The lowest BCUT2D eigenvalue weighted by atomic mass is 10.1. The van der Waals surface area contributed by atoms with Gasteiger partial charge < -0.3 is 5.73 Å². The summed E-state index contributed by atoms with van der Waals surface area (Å²) in [6.07, 6.45) is 5.27. The van der Waals surface area contributed by atoms with Gasteiger partial charge in [-0.25, -0.2) is 4.98 Å². The summed E-state index contributed by atoms with van der Waals surface area (Å²) in [5, 5.41) is 0. The van der Waals surface area contributed by atoms with Gasteiger partial charge in [-0.05, 0) is 25.5 Å². The summed E-state index contributed by atoms with van der Waals surface area (Å²) >= 11 is 0. The van der Waals surface area contributed by atoms with E-state index in [2.05, 4.69) is 10.9 Å². The summed E-state index contributed by atoms with van der Waals surface area (Å²) in [7, 11) is 0. The smallest absolute Gasteiger partial charge is 0.123 e. The molecule has 0 atom stereocenters. The highest BCUT2D eigenvalue weighted by atomic mass is 14.8. The van der Waals surface area contributed by atoms with E-state index in [0.29, 0.717) is 5.82 Å². The highest BCUT2D eigenvalue weighted by molar-refractivity contribution is 5.47. The van der Waals surface area contributed by atoms with Crippen LogP contribution in [0.3, 0.4) is 0 Å². The molecule has 0 spiro atoms. The molecule has 0 aliphatic rings. The molecule has 0 saturated carbocycles. The molecule has 1 rings (SSSR count). The van der Waals surface area contributed by atoms with Gasteiger partial charge in [0.2, 0.25) is 0 Å². The van der Waals surface area contributed by atoms with Crippen LogP contribution in [0.4, 0.5) is 5.82 Å². The van der Waals surface area contributed by atoms with E-state index in [-0.39, 0.29) is 0 Å². The molecule has 2 nitrogen and oxygen atoms in total. The Morgan fingerprint density at radius 2 is 2.18 bits per heavy atom. The summed E-state index contributed by atoms with van der Waals surface area (Å²) in [5.74, 6) is 3.10. The third kappa shape index (κ3) is 1.32. The van der Waals surface area contributed by atoms with Crippen molar-refractivity contribution in [2.75, 3.05) is 5.73 Å². The van der Waals surface area contributed by atoms with Crippen LogP contribution in [0.2, 0.25) is 0 Å². The second-order valence-electron chi connectivity index (χ2n) is 2.47. The number of rotatable bonds is 0. The van der Waals surface area contributed by atoms with Crippen molar-refractivity contribution >= 4 is 5.82 Å². The van der Waals surface area contributed by atoms with Crippen LogP contribution in [0.25, 0.3) is 0 Å². The second-order valence-corrected chi connectivity index (χ2v) is 2.47. The molecule has 0 fully saturated rings. The van der Waals surface area contributed by atoms with E-state index >= 15 is 0 Å². The largest absolute Gasteiger partial charge is 0.384 e. The summed E-state index contributed by atoms with van der Waals surface area (Å²) in [4.78, 5) is 4.04. The molecule has 2 heteroatoms. The number of pyridine rings is 1. The number of aryl methyl sites for hydroxylation is 2. The molecule has 1 aromatic heterocycles. The fraction of sp³-hybridized carbons (Fsp3) is 0.222. The highest BCUT2D eigenvalue weighted by Gasteiger charge is 2.00. The molecule has 0 aliphatic carbocycles. The molecule has 0 bridgehead atoms. The van der Waals surface area contributed by atoms with Crippen molar-refractivity contribution < 1.29 is 0 Å². The predicted molar refractivity (Wildman–Crippen MR) is 46.1 cm³/mol. The van der Waals surface area contributed by atoms with E-state index < -0.39 is 0 Å². The second kappa shape index (κ2) is 2.63. The van der Waals surface area contributed by atoms with Gasteiger partial charge in [-0.1, -0.05) is 5.92 Å². The summed E-state index contributed by atoms with van der Waals surface area (Å²) in [5.41, 5.74) is 8.19. The van der Waals surface area contributed by atoms with E-state index in [1.807, 2.05) is 13.8 Å². The molecule has 1 heterocycles. The summed E-state index contributed by atoms with van der Waals surface area (Å²) in [6, 6.07) is 1.78. The first kappa shape index (κ1) is 7.62. The van der Waals surface area contributed by atoms with E-state index in [0.717, 1.165) is 16.8 Å². The molecule has 1 aromatic rings. The van der Waals surface area contributed by atoms with Crippen LogP contribution in [0, 0.1) is 26.2 Å². The zero-order chi connectivity index (χ0) is 8.43. The first-order chi connectivity index (χ1) is 5.15. The third-order valence-electron chi connectivity index (χ3n) is 1.56. The molecule has 0 aliphatic heterocycles. The molecule has 0 unspecified atom stereocenters. The maximum Gasteiger partial charge on any atom is 0.123 e. The lowest BCUT2D eigenvalue weighted by Gasteiger charge is -2.02. The molecule has 0 aromatic carbocycles. The van der Waals surface area contributed by atoms with Crippen LogP contribution in [-0.2, 0) is 0 Å². The van der Waals surface area contributed by atoms with E-state index in [4.69, 9.17) is 12.2 Å². The standard InChI is InChI=1S/C9H10N2/c1-4-8-6(2)5-9(10)11-7(8)3/h1,5H,2-3H3,(H2,10,11). The van der Waals surface area contributed by atoms with Crippen molar-refractivity contribution in [1.29, 1.82) is 0 Å². The molecule has 0 radical (unpaired) electrons. The molecule has 0 amide bonds. The van der Waals surface area contributed by atoms with Crippen molar-refractivity contribution in [3.05, 3.63) is 22.9 Å². The first-order valence-corrected chi connectivity index (χ1v) is 3.35. The maximum absolute atomic E-state index is 5.50. The Morgan fingerprint density at radius 3 is 2.64 bits per heavy atom. The topological polar surface area (TPSA) is 38.9 Å². The number of hydrogen-bond acceptors (Lipinski definition) is 2. The summed E-state index contributed by atoms with van der Waals surface area (Å²) in [6.45, 7) is 3.79. The van der Waals surface area contributed by atoms with Gasteiger partial charge in [-0.15, -0.1) is 6.42 Å². The Hall–Kier alpha value is -1.49. The van der Waals surface area contributed by atoms with Crippen molar-refractivity contribution in [1.82, 2.24) is 4.98 Å². The number of hydrogen-bond donors (Lipinski definition) is 1. The van der Waals surface area contributed by atoms with Gasteiger partial charge in [0.15, 0.2) is 0 Å². The Labute approximate surface area is 66.4 Å². The first-order valence-electron chi connectivity index (χ1n) is 3.35. The van der Waals surface area contributed by atoms with Crippen molar-refractivity contribution in [3.8, 4) is 12.3 Å². The van der Waals surface area contributed by atoms with Gasteiger partial charge in [-0.3, -0.25) is 0 Å². The van der Waals surface area contributed by atoms with Crippen LogP contribution >= 0.6 is 0 Å². The average molecular weight is 146 g/mol. The normalized spacial score (nSPS) is 9.18. The van der Waals surface area contributed by atoms with Crippen LogP contribution in [-0.4, -0.2) is 4.98 Å². The highest BCUT2D eigenvalue weighted by Crippen LogP contribution is 2.12. The number of terminal acetylenes is 1. The lowest BCUT2D eigenvalue weighted by molar-refractivity contribution is 1.17. The van der Waals surface area contributed by atoms with Gasteiger partial charge in [0.1, 0.15) is 5.82 Å². The quantitative estimate of drug-likeness (QED) is 0.560. The van der Waals surface area contributed by atoms with Gasteiger partial charge in [0, 0.05) is 5.56 Å². The minimum absolute atomic E-state index is 0.527. The van der Waals surface area contributed by atoms with Crippen molar-refractivity contribution in [2.24, 2.45) is 0 Å². The molecule has 56 valence electrons. The van der Waals surface area contributed by atoms with Gasteiger partial charge in [0.25, 0.3) is 0 Å². The Bertz CT molecular complexity index is 298. The van der Waals surface area contributed by atoms with E-state index in [9.17, 15) is 0 Å². The Balaban J connectivity index is 3.40. The fourth-order valence-corrected chi connectivity index (χ4v) is 1.08. The monoisotopic (exact) mass is 146 g/mol. The van der Waals surface area contributed by atoms with Crippen LogP contribution in [0.5, 0.6) is 0 Å². The Morgan fingerprint density at radius 1 is 1.55 bits per heavy atom. The zero-order valence-corrected chi connectivity index (χ0v) is 6.68. The minimum atomic E-state index is 0.527. The van der Waals surface area contributed by atoms with Crippen LogP contribution in [0.1, 0.15) is 16.8 Å². The SMILES string of the molecule is C#Cc1c(C)cc(N)nc1C. The van der Waals surface area contributed by atoms with Crippen LogP contribution in [0.15, 0.2) is 6.07 Å². The number of nitrogens with zero attached hydrogens (tertiary/aromatic N) is 1. The number of nitrogens with two attached hydrogens (primary N) is 1. The Kier molecular flexibility index (Phi) is 1.82. The van der Waals surface area contributed by atoms with E-state index in [1.54, 1.807) is 6.07 Å². The number of aromatic nitrogens is 1. The number of nitrogen functional groups attached to an aromatic ring is 1. The number of anilines is 1. The third-order valence-corrected chi connectivity index (χ3v) is 1.56. The van der Waals surface area contributed by atoms with Crippen LogP contribution < -0.4 is 5.73 Å². The van der Waals surface area contributed by atoms with Gasteiger partial charge in [0.05, 0.1) is 5.69 Å². The molecular formula is C9H10N2. The predicted octanol–water partition coefficient (Wildman–Crippen LogP) is 1.26. The zero-order valence-electron chi connectivity index (χ0n) is 6.68. The van der Waals surface area contributed by atoms with E-state index in [1.165, 1.54) is 0 Å². The molecular weight excluding hydrogens is 136 g/mol. The average Bonchev–Trinajstić information content (AvgIpc) is 1.85. The van der Waals surface area contributed by atoms with Gasteiger partial charge >= 0.3 is 0 Å². The molecule has 2 N–H and O–H groups in total. The minimum Gasteiger partial charge on any atom is -0.384 e. The maximum atomic E-state index is 5.50. The fourth-order valence-electron chi connectivity index (χ4n) is 1.08. The van der Waals surface area contributed by atoms with Crippen molar-refractivity contribution in [3.63, 3.8) is 0 Å². The molecule has 0 saturated heterocycles. The lowest BCUT2D eigenvalue weighted by Crippen LogP contribution is -1.97. The van der Waals surface area contributed by atoms with Crippen molar-refractivity contribution in [2.45, 2.75) is 13.8 Å². The van der Waals surface area contributed by atoms with Gasteiger partial charge in [-0.2, -0.15) is 0 Å². The summed E-state index contributed by atoms with van der Waals surface area (Å²) < 4.78 is 0.